The third kappa shape index (κ3) is 3.32. The van der Waals surface area contributed by atoms with Crippen LogP contribution in [0.3, 0.4) is 0 Å². The number of hydrogen-bond acceptors (Lipinski definition) is 3. The van der Waals surface area contributed by atoms with Crippen molar-refractivity contribution in [2.24, 2.45) is 17.8 Å². The van der Waals surface area contributed by atoms with E-state index < -0.39 is 11.8 Å². The Morgan fingerprint density at radius 3 is 2.38 bits per heavy atom. The zero-order valence-corrected chi connectivity index (χ0v) is 10.7. The van der Waals surface area contributed by atoms with Gasteiger partial charge in [-0.3, -0.25) is 4.79 Å². The molecule has 0 N–H and O–H groups in total. The molecule has 1 aliphatic rings. The first kappa shape index (κ1) is 13.2. The van der Waals surface area contributed by atoms with E-state index in [4.69, 9.17) is 4.74 Å². The monoisotopic (exact) mass is 226 g/mol. The van der Waals surface area contributed by atoms with Crippen molar-refractivity contribution in [2.75, 3.05) is 0 Å². The van der Waals surface area contributed by atoms with E-state index in [-0.39, 0.29) is 6.10 Å². The van der Waals surface area contributed by atoms with Gasteiger partial charge in [0.1, 0.15) is 6.10 Å². The molecule has 0 spiro atoms. The van der Waals surface area contributed by atoms with Gasteiger partial charge in [0.15, 0.2) is 0 Å². The molecule has 16 heavy (non-hydrogen) atoms. The van der Waals surface area contributed by atoms with Crippen molar-refractivity contribution >= 4 is 11.8 Å². The SMILES string of the molecule is CC(=O)C(=O)OC1CC(C)CCC1C(C)C. The summed E-state index contributed by atoms with van der Waals surface area (Å²) in [5, 5.41) is 0. The van der Waals surface area contributed by atoms with Crippen molar-refractivity contribution in [1.29, 1.82) is 0 Å². The van der Waals surface area contributed by atoms with E-state index in [9.17, 15) is 9.59 Å². The van der Waals surface area contributed by atoms with Crippen LogP contribution in [0.5, 0.6) is 0 Å². The quantitative estimate of drug-likeness (QED) is 0.548. The van der Waals surface area contributed by atoms with Gasteiger partial charge < -0.3 is 4.74 Å². The fourth-order valence-corrected chi connectivity index (χ4v) is 2.47. The van der Waals surface area contributed by atoms with E-state index in [1.807, 2.05) is 0 Å². The summed E-state index contributed by atoms with van der Waals surface area (Å²) in [4.78, 5) is 22.2. The van der Waals surface area contributed by atoms with E-state index in [0.717, 1.165) is 12.8 Å². The Morgan fingerprint density at radius 1 is 1.25 bits per heavy atom. The summed E-state index contributed by atoms with van der Waals surface area (Å²) in [6, 6.07) is 0. The summed E-state index contributed by atoms with van der Waals surface area (Å²) in [6.45, 7) is 7.73. The average molecular weight is 226 g/mol. The van der Waals surface area contributed by atoms with Crippen molar-refractivity contribution in [3.63, 3.8) is 0 Å². The molecule has 3 nitrogen and oxygen atoms in total. The van der Waals surface area contributed by atoms with Crippen LogP contribution in [0.1, 0.15) is 47.0 Å². The molecule has 0 bridgehead atoms. The molecule has 0 heterocycles. The molecule has 1 fully saturated rings. The molecule has 0 amide bonds. The second kappa shape index (κ2) is 5.46. The van der Waals surface area contributed by atoms with E-state index in [0.29, 0.717) is 17.8 Å². The first-order chi connectivity index (χ1) is 7.41. The third-order valence-electron chi connectivity index (χ3n) is 3.51. The third-order valence-corrected chi connectivity index (χ3v) is 3.51. The predicted octanol–water partition coefficient (Wildman–Crippen LogP) is 2.58. The Balaban J connectivity index is 2.64. The van der Waals surface area contributed by atoms with E-state index in [1.165, 1.54) is 13.3 Å². The molecule has 0 aromatic carbocycles. The van der Waals surface area contributed by atoms with Gasteiger partial charge in [0.25, 0.3) is 0 Å². The maximum absolute atomic E-state index is 11.3. The summed E-state index contributed by atoms with van der Waals surface area (Å²) in [5.74, 6) is 0.307. The van der Waals surface area contributed by atoms with E-state index >= 15 is 0 Å². The van der Waals surface area contributed by atoms with Crippen LogP contribution in [0.25, 0.3) is 0 Å². The maximum atomic E-state index is 11.3. The lowest BCUT2D eigenvalue weighted by atomic mass is 9.75. The standard InChI is InChI=1S/C13H22O3/c1-8(2)11-6-5-9(3)7-12(11)16-13(15)10(4)14/h8-9,11-12H,5-7H2,1-4H3. The van der Waals surface area contributed by atoms with Gasteiger partial charge in [-0.25, -0.2) is 4.79 Å². The van der Waals surface area contributed by atoms with E-state index in [2.05, 4.69) is 20.8 Å². The average Bonchev–Trinajstić information content (AvgIpc) is 2.16. The molecule has 0 radical (unpaired) electrons. The number of carbonyl (C=O) groups is 2. The van der Waals surface area contributed by atoms with Gasteiger partial charge in [-0.05, 0) is 30.6 Å². The first-order valence-electron chi connectivity index (χ1n) is 6.13. The Hall–Kier alpha value is -0.860. The van der Waals surface area contributed by atoms with Gasteiger partial charge in [0.05, 0.1) is 0 Å². The molecule has 3 unspecified atom stereocenters. The van der Waals surface area contributed by atoms with Crippen molar-refractivity contribution in [1.82, 2.24) is 0 Å². The summed E-state index contributed by atoms with van der Waals surface area (Å²) < 4.78 is 5.31. The molecular formula is C13H22O3. The molecule has 1 aliphatic carbocycles. The van der Waals surface area contributed by atoms with Crippen LogP contribution < -0.4 is 0 Å². The number of Topliss-reactive ketones (excluding diaryl/α,β-unsaturated/α-hetero) is 1. The van der Waals surface area contributed by atoms with Crippen molar-refractivity contribution < 1.29 is 14.3 Å². The van der Waals surface area contributed by atoms with Crippen molar-refractivity contribution in [3.8, 4) is 0 Å². The Kier molecular flexibility index (Phi) is 4.51. The van der Waals surface area contributed by atoms with Gasteiger partial charge in [0.2, 0.25) is 5.78 Å². The second-order valence-electron chi connectivity index (χ2n) is 5.33. The van der Waals surface area contributed by atoms with Crippen LogP contribution in [-0.2, 0) is 14.3 Å². The van der Waals surface area contributed by atoms with Crippen LogP contribution >= 0.6 is 0 Å². The van der Waals surface area contributed by atoms with Crippen LogP contribution in [0.4, 0.5) is 0 Å². The fourth-order valence-electron chi connectivity index (χ4n) is 2.47. The highest BCUT2D eigenvalue weighted by molar-refractivity contribution is 6.32. The zero-order chi connectivity index (χ0) is 12.3. The molecule has 0 aromatic rings. The number of esters is 1. The van der Waals surface area contributed by atoms with E-state index in [1.54, 1.807) is 0 Å². The highest BCUT2D eigenvalue weighted by Crippen LogP contribution is 2.35. The van der Waals surface area contributed by atoms with Gasteiger partial charge in [-0.2, -0.15) is 0 Å². The van der Waals surface area contributed by atoms with Gasteiger partial charge in [-0.15, -0.1) is 0 Å². The number of rotatable bonds is 3. The lowest BCUT2D eigenvalue weighted by Gasteiger charge is -2.36. The molecular weight excluding hydrogens is 204 g/mol. The topological polar surface area (TPSA) is 43.4 Å². The molecule has 0 aromatic heterocycles. The Bertz CT molecular complexity index is 270. The lowest BCUT2D eigenvalue weighted by Crippen LogP contribution is -2.37. The summed E-state index contributed by atoms with van der Waals surface area (Å²) in [6.07, 6.45) is 3.10. The molecule has 3 heteroatoms. The summed E-state index contributed by atoms with van der Waals surface area (Å²) in [7, 11) is 0. The number of carbonyl (C=O) groups excluding carboxylic acids is 2. The van der Waals surface area contributed by atoms with Crippen LogP contribution in [0.15, 0.2) is 0 Å². The summed E-state index contributed by atoms with van der Waals surface area (Å²) >= 11 is 0. The van der Waals surface area contributed by atoms with Gasteiger partial charge >= 0.3 is 5.97 Å². The lowest BCUT2D eigenvalue weighted by molar-refractivity contribution is -0.162. The van der Waals surface area contributed by atoms with Gasteiger partial charge in [-0.1, -0.05) is 27.2 Å². The molecule has 92 valence electrons. The second-order valence-corrected chi connectivity index (χ2v) is 5.33. The minimum atomic E-state index is -0.676. The number of ketones is 1. The van der Waals surface area contributed by atoms with Crippen LogP contribution in [0.2, 0.25) is 0 Å². The summed E-state index contributed by atoms with van der Waals surface area (Å²) in [5.41, 5.74) is 0. The molecule has 0 saturated heterocycles. The Morgan fingerprint density at radius 2 is 1.88 bits per heavy atom. The van der Waals surface area contributed by atoms with Crippen molar-refractivity contribution in [2.45, 2.75) is 53.1 Å². The highest BCUT2D eigenvalue weighted by atomic mass is 16.5. The van der Waals surface area contributed by atoms with Crippen LogP contribution in [-0.4, -0.2) is 17.9 Å². The predicted molar refractivity (Wildman–Crippen MR) is 61.9 cm³/mol. The number of hydrogen-bond donors (Lipinski definition) is 0. The maximum Gasteiger partial charge on any atom is 0.374 e. The Labute approximate surface area is 97.5 Å². The fraction of sp³-hybridized carbons (Fsp3) is 0.846. The number of ether oxygens (including phenoxy) is 1. The molecule has 1 rings (SSSR count). The normalized spacial score (nSPS) is 30.2. The largest absolute Gasteiger partial charge is 0.456 e. The molecule has 1 saturated carbocycles. The zero-order valence-electron chi connectivity index (χ0n) is 10.7. The molecule has 3 atom stereocenters. The minimum Gasteiger partial charge on any atom is -0.456 e. The highest BCUT2D eigenvalue weighted by Gasteiger charge is 2.33. The van der Waals surface area contributed by atoms with Crippen LogP contribution in [0, 0.1) is 17.8 Å². The minimum absolute atomic E-state index is 0.0693. The molecule has 0 aliphatic heterocycles. The van der Waals surface area contributed by atoms with Gasteiger partial charge in [0, 0.05) is 6.92 Å². The van der Waals surface area contributed by atoms with Crippen molar-refractivity contribution in [3.05, 3.63) is 0 Å². The smallest absolute Gasteiger partial charge is 0.374 e. The first-order valence-corrected chi connectivity index (χ1v) is 6.13.